The van der Waals surface area contributed by atoms with Gasteiger partial charge in [-0.3, -0.25) is 9.59 Å². The lowest BCUT2D eigenvalue weighted by molar-refractivity contribution is 0.0535. The van der Waals surface area contributed by atoms with Crippen LogP contribution < -0.4 is 0 Å². The van der Waals surface area contributed by atoms with Crippen LogP contribution in [0.4, 0.5) is 0 Å². The fourth-order valence-corrected chi connectivity index (χ4v) is 2.99. The van der Waals surface area contributed by atoms with Crippen LogP contribution in [0.5, 0.6) is 0 Å². The predicted octanol–water partition coefficient (Wildman–Crippen LogP) is 1.68. The Morgan fingerprint density at radius 2 is 0.786 bits per heavy atom. The molecule has 0 unspecified atom stereocenters. The van der Waals surface area contributed by atoms with Crippen LogP contribution in [0.15, 0.2) is 48.5 Å². The van der Waals surface area contributed by atoms with Gasteiger partial charge in [0.1, 0.15) is 0 Å². The quantitative estimate of drug-likeness (QED) is 0.831. The van der Waals surface area contributed by atoms with Crippen molar-refractivity contribution in [2.75, 3.05) is 26.2 Å². The molecule has 2 N–H and O–H groups in total. The van der Waals surface area contributed by atoms with E-state index < -0.39 is 11.9 Å². The van der Waals surface area contributed by atoms with Crippen molar-refractivity contribution in [3.8, 4) is 0 Å². The third-order valence-electron chi connectivity index (χ3n) is 4.61. The SMILES string of the molecule is O=C(O)c1ccc(C(=O)N2CCN(C(=O)c3ccc(C(=O)O)cc3)CC2)cc1. The summed E-state index contributed by atoms with van der Waals surface area (Å²) in [4.78, 5) is 50.1. The Hall–Kier alpha value is -3.68. The average Bonchev–Trinajstić information content (AvgIpc) is 2.73. The number of carboxylic acid groups (broad SMARTS) is 2. The molecule has 1 aliphatic heterocycles. The summed E-state index contributed by atoms with van der Waals surface area (Å²) in [6.45, 7) is 1.44. The molecule has 1 saturated heterocycles. The highest BCUT2D eigenvalue weighted by atomic mass is 16.4. The van der Waals surface area contributed by atoms with Gasteiger partial charge in [0.2, 0.25) is 0 Å². The molecule has 1 aliphatic rings. The molecular weight excluding hydrogens is 364 g/mol. The zero-order valence-corrected chi connectivity index (χ0v) is 14.9. The van der Waals surface area contributed by atoms with Gasteiger partial charge < -0.3 is 20.0 Å². The smallest absolute Gasteiger partial charge is 0.335 e. The zero-order valence-electron chi connectivity index (χ0n) is 14.9. The number of amides is 2. The van der Waals surface area contributed by atoms with E-state index in [0.717, 1.165) is 0 Å². The minimum absolute atomic E-state index is 0.112. The highest BCUT2D eigenvalue weighted by Gasteiger charge is 2.25. The number of piperazine rings is 1. The van der Waals surface area contributed by atoms with E-state index in [-0.39, 0.29) is 22.9 Å². The van der Waals surface area contributed by atoms with E-state index in [9.17, 15) is 19.2 Å². The number of hydrogen-bond acceptors (Lipinski definition) is 4. The molecule has 0 radical (unpaired) electrons. The Labute approximate surface area is 160 Å². The number of carbonyl (C=O) groups excluding carboxylic acids is 2. The van der Waals surface area contributed by atoms with Crippen LogP contribution in [0.25, 0.3) is 0 Å². The first-order valence-corrected chi connectivity index (χ1v) is 8.62. The fourth-order valence-electron chi connectivity index (χ4n) is 2.99. The van der Waals surface area contributed by atoms with E-state index in [1.165, 1.54) is 48.5 Å². The lowest BCUT2D eigenvalue weighted by Crippen LogP contribution is -2.50. The molecule has 2 aromatic rings. The summed E-state index contributed by atoms with van der Waals surface area (Å²) in [6, 6.07) is 11.5. The van der Waals surface area contributed by atoms with Gasteiger partial charge in [0.15, 0.2) is 0 Å². The van der Waals surface area contributed by atoms with Crippen molar-refractivity contribution < 1.29 is 29.4 Å². The summed E-state index contributed by atoms with van der Waals surface area (Å²) >= 11 is 0. The lowest BCUT2D eigenvalue weighted by atomic mass is 10.1. The molecule has 144 valence electrons. The third kappa shape index (κ3) is 4.01. The van der Waals surface area contributed by atoms with Gasteiger partial charge in [-0.2, -0.15) is 0 Å². The lowest BCUT2D eigenvalue weighted by Gasteiger charge is -2.35. The zero-order chi connectivity index (χ0) is 20.3. The number of carbonyl (C=O) groups is 4. The monoisotopic (exact) mass is 382 g/mol. The largest absolute Gasteiger partial charge is 0.478 e. The Balaban J connectivity index is 1.60. The van der Waals surface area contributed by atoms with Crippen molar-refractivity contribution in [1.29, 1.82) is 0 Å². The van der Waals surface area contributed by atoms with Crippen molar-refractivity contribution in [3.05, 3.63) is 70.8 Å². The normalized spacial score (nSPS) is 13.9. The fraction of sp³-hybridized carbons (Fsp3) is 0.200. The van der Waals surface area contributed by atoms with Crippen LogP contribution in [0.2, 0.25) is 0 Å². The van der Waals surface area contributed by atoms with Crippen LogP contribution >= 0.6 is 0 Å². The summed E-state index contributed by atoms with van der Waals surface area (Å²) < 4.78 is 0. The Kier molecular flexibility index (Phi) is 5.39. The van der Waals surface area contributed by atoms with Crippen molar-refractivity contribution >= 4 is 23.8 Å². The summed E-state index contributed by atoms with van der Waals surface area (Å²) in [5, 5.41) is 17.8. The van der Waals surface area contributed by atoms with Gasteiger partial charge in [0.25, 0.3) is 11.8 Å². The highest BCUT2D eigenvalue weighted by molar-refractivity contribution is 5.97. The molecule has 1 fully saturated rings. The number of carboxylic acids is 2. The van der Waals surface area contributed by atoms with Crippen molar-refractivity contribution in [1.82, 2.24) is 9.80 Å². The van der Waals surface area contributed by atoms with Crippen LogP contribution in [0.1, 0.15) is 41.4 Å². The Bertz CT molecular complexity index is 835. The number of rotatable bonds is 4. The molecular formula is C20H18N2O6. The van der Waals surface area contributed by atoms with Gasteiger partial charge >= 0.3 is 11.9 Å². The third-order valence-corrected chi connectivity index (χ3v) is 4.61. The topological polar surface area (TPSA) is 115 Å². The highest BCUT2D eigenvalue weighted by Crippen LogP contribution is 2.13. The molecule has 0 spiro atoms. The number of nitrogens with zero attached hydrogens (tertiary/aromatic N) is 2. The molecule has 8 nitrogen and oxygen atoms in total. The maximum absolute atomic E-state index is 12.5. The second kappa shape index (κ2) is 7.91. The standard InChI is InChI=1S/C20H18N2O6/c23-17(13-1-5-15(6-2-13)19(25)26)21-9-11-22(12-10-21)18(24)14-3-7-16(8-4-14)20(27)28/h1-8H,9-12H2,(H,25,26)(H,27,28). The second-order valence-corrected chi connectivity index (χ2v) is 6.35. The van der Waals surface area contributed by atoms with Crippen molar-refractivity contribution in [3.63, 3.8) is 0 Å². The average molecular weight is 382 g/mol. The minimum Gasteiger partial charge on any atom is -0.478 e. The van der Waals surface area contributed by atoms with Gasteiger partial charge in [0, 0.05) is 37.3 Å². The van der Waals surface area contributed by atoms with E-state index in [4.69, 9.17) is 10.2 Å². The van der Waals surface area contributed by atoms with E-state index in [2.05, 4.69) is 0 Å². The van der Waals surface area contributed by atoms with Crippen LogP contribution in [0.3, 0.4) is 0 Å². The Morgan fingerprint density at radius 3 is 1.04 bits per heavy atom. The second-order valence-electron chi connectivity index (χ2n) is 6.35. The van der Waals surface area contributed by atoms with E-state index in [1.54, 1.807) is 9.80 Å². The molecule has 0 bridgehead atoms. The molecule has 3 rings (SSSR count). The molecule has 0 aromatic heterocycles. The first-order chi connectivity index (χ1) is 13.4. The molecule has 2 amide bonds. The van der Waals surface area contributed by atoms with Gasteiger partial charge in [-0.25, -0.2) is 9.59 Å². The first-order valence-electron chi connectivity index (χ1n) is 8.62. The van der Waals surface area contributed by atoms with Gasteiger partial charge in [0.05, 0.1) is 11.1 Å². The van der Waals surface area contributed by atoms with E-state index in [0.29, 0.717) is 37.3 Å². The predicted molar refractivity (Wildman–Crippen MR) is 98.6 cm³/mol. The van der Waals surface area contributed by atoms with Crippen LogP contribution in [-0.4, -0.2) is 69.9 Å². The summed E-state index contributed by atoms with van der Waals surface area (Å²) in [6.07, 6.45) is 0. The summed E-state index contributed by atoms with van der Waals surface area (Å²) in [5.74, 6) is -2.53. The molecule has 1 heterocycles. The Morgan fingerprint density at radius 1 is 0.536 bits per heavy atom. The number of hydrogen-bond donors (Lipinski definition) is 2. The van der Waals surface area contributed by atoms with Gasteiger partial charge in [-0.1, -0.05) is 0 Å². The van der Waals surface area contributed by atoms with Gasteiger partial charge in [-0.05, 0) is 48.5 Å². The molecule has 2 aromatic carbocycles. The van der Waals surface area contributed by atoms with Crippen molar-refractivity contribution in [2.24, 2.45) is 0 Å². The molecule has 8 heteroatoms. The summed E-state index contributed by atoms with van der Waals surface area (Å²) in [5.41, 5.74) is 1.02. The van der Waals surface area contributed by atoms with E-state index >= 15 is 0 Å². The maximum Gasteiger partial charge on any atom is 0.335 e. The molecule has 0 saturated carbocycles. The van der Waals surface area contributed by atoms with Gasteiger partial charge in [-0.15, -0.1) is 0 Å². The first kappa shape index (κ1) is 19.1. The molecule has 0 aliphatic carbocycles. The maximum atomic E-state index is 12.5. The van der Waals surface area contributed by atoms with Crippen LogP contribution in [-0.2, 0) is 0 Å². The minimum atomic E-state index is -1.05. The van der Waals surface area contributed by atoms with Crippen LogP contribution in [0, 0.1) is 0 Å². The number of aromatic carboxylic acids is 2. The van der Waals surface area contributed by atoms with Crippen molar-refractivity contribution in [2.45, 2.75) is 0 Å². The molecule has 28 heavy (non-hydrogen) atoms. The van der Waals surface area contributed by atoms with E-state index in [1.807, 2.05) is 0 Å². The molecule has 0 atom stereocenters. The summed E-state index contributed by atoms with van der Waals surface area (Å²) in [7, 11) is 0. The number of benzene rings is 2.